The van der Waals surface area contributed by atoms with Crippen molar-refractivity contribution in [1.29, 1.82) is 0 Å². The summed E-state index contributed by atoms with van der Waals surface area (Å²) in [5, 5.41) is 8.73. The number of rotatable bonds is 3. The molecule has 2 nitrogen and oxygen atoms in total. The van der Waals surface area contributed by atoms with E-state index in [0.29, 0.717) is 5.92 Å². The van der Waals surface area contributed by atoms with Crippen LogP contribution in [0.15, 0.2) is 24.3 Å². The summed E-state index contributed by atoms with van der Waals surface area (Å²) in [7, 11) is 0. The molecule has 2 heteroatoms. The van der Waals surface area contributed by atoms with Crippen LogP contribution in [-0.4, -0.2) is 5.26 Å². The summed E-state index contributed by atoms with van der Waals surface area (Å²) in [5.74, 6) is 0.530. The van der Waals surface area contributed by atoms with Crippen LogP contribution in [0.5, 0.6) is 0 Å². The van der Waals surface area contributed by atoms with Crippen molar-refractivity contribution in [3.8, 4) is 0 Å². The maximum absolute atomic E-state index is 8.73. The summed E-state index contributed by atoms with van der Waals surface area (Å²) < 4.78 is 0. The maximum Gasteiger partial charge on any atom is 0.123 e. The van der Waals surface area contributed by atoms with Gasteiger partial charge in [-0.1, -0.05) is 38.1 Å². The third-order valence-electron chi connectivity index (χ3n) is 2.50. The fourth-order valence-corrected chi connectivity index (χ4v) is 1.32. The van der Waals surface area contributed by atoms with E-state index in [1.165, 1.54) is 5.56 Å². The maximum atomic E-state index is 8.73. The molecule has 0 fully saturated rings. The van der Waals surface area contributed by atoms with Crippen molar-refractivity contribution < 1.29 is 10.1 Å². The van der Waals surface area contributed by atoms with Gasteiger partial charge in [0.05, 0.1) is 0 Å². The third kappa shape index (κ3) is 2.34. The van der Waals surface area contributed by atoms with Crippen molar-refractivity contribution in [2.24, 2.45) is 0 Å². The molecule has 0 saturated heterocycles. The molecule has 1 aromatic rings. The number of benzene rings is 1. The molecule has 0 aliphatic carbocycles. The van der Waals surface area contributed by atoms with Gasteiger partial charge in [-0.05, 0) is 30.9 Å². The van der Waals surface area contributed by atoms with Crippen LogP contribution in [-0.2, 0) is 10.5 Å². The van der Waals surface area contributed by atoms with Crippen molar-refractivity contribution in [2.45, 2.75) is 39.2 Å². The second kappa shape index (κ2) is 4.11. The molecule has 0 unspecified atom stereocenters. The van der Waals surface area contributed by atoms with E-state index in [1.807, 2.05) is 26.0 Å². The van der Waals surface area contributed by atoms with E-state index in [1.54, 1.807) is 0 Å². The minimum atomic E-state index is -0.629. The van der Waals surface area contributed by atoms with Crippen LogP contribution in [0.1, 0.15) is 44.7 Å². The quantitative estimate of drug-likeness (QED) is 0.589. The lowest BCUT2D eigenvalue weighted by atomic mass is 9.94. The van der Waals surface area contributed by atoms with Gasteiger partial charge in [0.15, 0.2) is 0 Å². The molecule has 0 amide bonds. The van der Waals surface area contributed by atoms with Crippen LogP contribution in [0.4, 0.5) is 0 Å². The first-order valence-corrected chi connectivity index (χ1v) is 4.90. The smallest absolute Gasteiger partial charge is 0.123 e. The van der Waals surface area contributed by atoms with Gasteiger partial charge in [0.25, 0.3) is 0 Å². The highest BCUT2D eigenvalue weighted by molar-refractivity contribution is 5.27. The second-order valence-electron chi connectivity index (χ2n) is 4.38. The van der Waals surface area contributed by atoms with Crippen LogP contribution in [0.2, 0.25) is 0 Å². The average molecular weight is 194 g/mol. The average Bonchev–Trinajstić information content (AvgIpc) is 2.18. The highest BCUT2D eigenvalue weighted by Gasteiger charge is 2.21. The first-order valence-electron chi connectivity index (χ1n) is 4.90. The monoisotopic (exact) mass is 194 g/mol. The van der Waals surface area contributed by atoms with Crippen LogP contribution in [0.3, 0.4) is 0 Å². The lowest BCUT2D eigenvalue weighted by molar-refractivity contribution is -0.318. The van der Waals surface area contributed by atoms with Gasteiger partial charge < -0.3 is 0 Å². The zero-order valence-corrected chi connectivity index (χ0v) is 9.24. The summed E-state index contributed by atoms with van der Waals surface area (Å²) in [5.41, 5.74) is 1.64. The molecule has 0 spiro atoms. The van der Waals surface area contributed by atoms with E-state index in [4.69, 9.17) is 5.26 Å². The van der Waals surface area contributed by atoms with Crippen molar-refractivity contribution in [2.75, 3.05) is 0 Å². The molecule has 0 aromatic heterocycles. The third-order valence-corrected chi connectivity index (χ3v) is 2.50. The van der Waals surface area contributed by atoms with E-state index >= 15 is 0 Å². The van der Waals surface area contributed by atoms with E-state index in [9.17, 15) is 0 Å². The van der Waals surface area contributed by atoms with E-state index < -0.39 is 5.60 Å². The Bertz CT molecular complexity index is 286. The van der Waals surface area contributed by atoms with Gasteiger partial charge in [0.1, 0.15) is 5.60 Å². The molecule has 0 atom stereocenters. The van der Waals surface area contributed by atoms with Gasteiger partial charge in [-0.2, -0.15) is 0 Å². The minimum Gasteiger partial charge on any atom is -0.251 e. The number of hydrogen-bond acceptors (Lipinski definition) is 2. The Morgan fingerprint density at radius 1 is 1.14 bits per heavy atom. The molecule has 1 N–H and O–H groups in total. The molecule has 1 rings (SSSR count). The second-order valence-corrected chi connectivity index (χ2v) is 4.38. The molecule has 0 bridgehead atoms. The predicted octanol–water partition coefficient (Wildman–Crippen LogP) is 3.53. The molecule has 0 saturated carbocycles. The molecular weight excluding hydrogens is 176 g/mol. The standard InChI is InChI=1S/C12H18O2/c1-9(2)10-5-7-11(8-6-10)12(3,4)14-13/h5-9,13H,1-4H3. The first-order chi connectivity index (χ1) is 6.47. The minimum absolute atomic E-state index is 0.530. The van der Waals surface area contributed by atoms with Crippen molar-refractivity contribution in [3.63, 3.8) is 0 Å². The van der Waals surface area contributed by atoms with Crippen LogP contribution >= 0.6 is 0 Å². The molecule has 78 valence electrons. The van der Waals surface area contributed by atoms with Gasteiger partial charge in [-0.15, -0.1) is 0 Å². The Morgan fingerprint density at radius 2 is 1.64 bits per heavy atom. The van der Waals surface area contributed by atoms with E-state index in [2.05, 4.69) is 30.9 Å². The first kappa shape index (κ1) is 11.2. The Morgan fingerprint density at radius 3 is 2.00 bits per heavy atom. The SMILES string of the molecule is CC(C)c1ccc(C(C)(C)OO)cc1. The fraction of sp³-hybridized carbons (Fsp3) is 0.500. The Hall–Kier alpha value is -0.860. The summed E-state index contributed by atoms with van der Waals surface area (Å²) in [6.45, 7) is 7.97. The summed E-state index contributed by atoms with van der Waals surface area (Å²) in [6.07, 6.45) is 0. The van der Waals surface area contributed by atoms with Crippen molar-refractivity contribution in [3.05, 3.63) is 35.4 Å². The topological polar surface area (TPSA) is 29.5 Å². The lowest BCUT2D eigenvalue weighted by Gasteiger charge is -2.21. The molecule has 14 heavy (non-hydrogen) atoms. The summed E-state index contributed by atoms with van der Waals surface area (Å²) in [4.78, 5) is 4.42. The number of hydrogen-bond donors (Lipinski definition) is 1. The molecular formula is C12H18O2. The van der Waals surface area contributed by atoms with Crippen LogP contribution in [0, 0.1) is 0 Å². The van der Waals surface area contributed by atoms with E-state index in [0.717, 1.165) is 5.56 Å². The summed E-state index contributed by atoms with van der Waals surface area (Å²) >= 11 is 0. The van der Waals surface area contributed by atoms with E-state index in [-0.39, 0.29) is 0 Å². The Balaban J connectivity index is 2.94. The Labute approximate surface area is 85.5 Å². The van der Waals surface area contributed by atoms with Crippen LogP contribution in [0.25, 0.3) is 0 Å². The zero-order chi connectivity index (χ0) is 10.8. The van der Waals surface area contributed by atoms with Crippen molar-refractivity contribution in [1.82, 2.24) is 0 Å². The van der Waals surface area contributed by atoms with Gasteiger partial charge in [0.2, 0.25) is 0 Å². The Kier molecular flexibility index (Phi) is 3.29. The highest BCUT2D eigenvalue weighted by Crippen LogP contribution is 2.25. The van der Waals surface area contributed by atoms with Crippen LogP contribution < -0.4 is 0 Å². The fourth-order valence-electron chi connectivity index (χ4n) is 1.32. The predicted molar refractivity (Wildman–Crippen MR) is 57.3 cm³/mol. The molecule has 0 heterocycles. The molecule has 0 radical (unpaired) electrons. The van der Waals surface area contributed by atoms with Gasteiger partial charge >= 0.3 is 0 Å². The lowest BCUT2D eigenvalue weighted by Crippen LogP contribution is -2.19. The highest BCUT2D eigenvalue weighted by atomic mass is 17.1. The summed E-state index contributed by atoms with van der Waals surface area (Å²) in [6, 6.07) is 8.12. The molecule has 0 aliphatic heterocycles. The molecule has 1 aromatic carbocycles. The van der Waals surface area contributed by atoms with Gasteiger partial charge in [-0.3, -0.25) is 5.26 Å². The molecule has 0 aliphatic rings. The van der Waals surface area contributed by atoms with Crippen molar-refractivity contribution >= 4 is 0 Å². The van der Waals surface area contributed by atoms with Gasteiger partial charge in [-0.25, -0.2) is 4.89 Å². The zero-order valence-electron chi connectivity index (χ0n) is 9.24. The van der Waals surface area contributed by atoms with Gasteiger partial charge in [0, 0.05) is 0 Å². The normalized spacial score (nSPS) is 12.1. The largest absolute Gasteiger partial charge is 0.251 e.